The standard InChI is InChI=1S/C42H51NO9/c1-23-24(2)36(43-37(46)29-8-6-7-9-30(29)38(43)47)39(52-34(23)22-49-25(3)44)51-28-14-17-40(4)27(20-28)11-12-33-32(40)15-18-41(5)31(16-19-42(33,41)48)26-10-13-35(45)50-21-26/h6-10,13,20-21,23-24,28,31-34,36,39,48H,11-12,14-19,22H2,1-5H3/t23-,24?,28-,31+,32?,33?,34?,36-,39+,40-,41+,42-/m0/s1. The molecule has 12 atom stereocenters. The van der Waals surface area contributed by atoms with E-state index in [0.29, 0.717) is 17.0 Å². The van der Waals surface area contributed by atoms with Gasteiger partial charge in [-0.1, -0.05) is 51.5 Å². The lowest BCUT2D eigenvalue weighted by atomic mass is 9.45. The summed E-state index contributed by atoms with van der Waals surface area (Å²) in [6.07, 6.45) is 9.05. The second-order valence-corrected chi connectivity index (χ2v) is 17.0. The number of hydrogen-bond donors (Lipinski definition) is 1. The molecule has 3 saturated carbocycles. The quantitative estimate of drug-likeness (QED) is 0.205. The van der Waals surface area contributed by atoms with Gasteiger partial charge >= 0.3 is 11.6 Å². The zero-order valence-electron chi connectivity index (χ0n) is 30.8. The van der Waals surface area contributed by atoms with Gasteiger partial charge in [0.25, 0.3) is 11.8 Å². The molecule has 0 bridgehead atoms. The fourth-order valence-electron chi connectivity index (χ4n) is 11.7. The molecule has 4 aliphatic carbocycles. The van der Waals surface area contributed by atoms with Crippen LogP contribution in [0, 0.1) is 34.5 Å². The summed E-state index contributed by atoms with van der Waals surface area (Å²) >= 11 is 0. The zero-order chi connectivity index (χ0) is 36.7. The lowest BCUT2D eigenvalue weighted by molar-refractivity contribution is -0.264. The predicted molar refractivity (Wildman–Crippen MR) is 190 cm³/mol. The number of allylic oxidation sites excluding steroid dienone is 1. The van der Waals surface area contributed by atoms with E-state index in [1.165, 1.54) is 23.5 Å². The van der Waals surface area contributed by atoms with Crippen molar-refractivity contribution in [3.05, 3.63) is 81.4 Å². The maximum atomic E-state index is 13.8. The molecular formula is C42H51NO9. The molecule has 3 heterocycles. The van der Waals surface area contributed by atoms with Crippen LogP contribution in [0.4, 0.5) is 0 Å². The van der Waals surface area contributed by atoms with Crippen molar-refractivity contribution in [2.24, 2.45) is 34.5 Å². The van der Waals surface area contributed by atoms with Gasteiger partial charge in [0.15, 0.2) is 6.29 Å². The first-order chi connectivity index (χ1) is 24.8. The summed E-state index contributed by atoms with van der Waals surface area (Å²) in [5.41, 5.74) is 1.56. The van der Waals surface area contributed by atoms with Crippen LogP contribution < -0.4 is 5.63 Å². The number of nitrogens with zero attached hydrogens (tertiary/aromatic N) is 1. The Morgan fingerprint density at radius 3 is 2.33 bits per heavy atom. The van der Waals surface area contributed by atoms with Crippen LogP contribution in [-0.2, 0) is 19.0 Å². The number of carbonyl (C=O) groups is 3. The Morgan fingerprint density at radius 2 is 1.65 bits per heavy atom. The molecule has 4 fully saturated rings. The third-order valence-corrected chi connectivity index (χ3v) is 14.8. The Bertz CT molecular complexity index is 1810. The number of hydrogen-bond acceptors (Lipinski definition) is 9. The van der Waals surface area contributed by atoms with Crippen LogP contribution in [0.3, 0.4) is 0 Å². The molecule has 10 nitrogen and oxygen atoms in total. The number of amides is 2. The van der Waals surface area contributed by atoms with E-state index in [1.807, 2.05) is 19.9 Å². The Kier molecular flexibility index (Phi) is 8.70. The number of rotatable bonds is 6. The number of aliphatic hydroxyl groups is 1. The van der Waals surface area contributed by atoms with Gasteiger partial charge in [-0.2, -0.15) is 0 Å². The molecule has 2 aromatic rings. The normalized spacial score (nSPS) is 41.1. The highest BCUT2D eigenvalue weighted by Crippen LogP contribution is 2.70. The summed E-state index contributed by atoms with van der Waals surface area (Å²) in [5.74, 6) is -0.793. The molecule has 0 spiro atoms. The van der Waals surface area contributed by atoms with E-state index >= 15 is 0 Å². The molecule has 1 saturated heterocycles. The minimum Gasteiger partial charge on any atom is -0.463 e. The van der Waals surface area contributed by atoms with Crippen LogP contribution in [0.5, 0.6) is 0 Å². The molecule has 1 aromatic carbocycles. The first-order valence-corrected chi connectivity index (χ1v) is 19.2. The van der Waals surface area contributed by atoms with Crippen molar-refractivity contribution in [2.45, 2.75) is 122 Å². The van der Waals surface area contributed by atoms with Gasteiger partial charge < -0.3 is 23.7 Å². The van der Waals surface area contributed by atoms with E-state index < -0.39 is 30.0 Å². The number of imide groups is 1. The average molecular weight is 714 g/mol. The Morgan fingerprint density at radius 1 is 0.923 bits per heavy atom. The summed E-state index contributed by atoms with van der Waals surface area (Å²) in [4.78, 5) is 52.4. The van der Waals surface area contributed by atoms with Gasteiger partial charge in [-0.05, 0) is 110 Å². The maximum absolute atomic E-state index is 13.8. The number of benzene rings is 1. The van der Waals surface area contributed by atoms with Crippen molar-refractivity contribution < 1.29 is 38.1 Å². The molecule has 2 amide bonds. The topological polar surface area (TPSA) is 133 Å². The lowest BCUT2D eigenvalue weighted by Gasteiger charge is -2.62. The lowest BCUT2D eigenvalue weighted by Crippen LogP contribution is -2.61. The SMILES string of the molecule is CC(=O)OCC1O[C@@H](O[C@@H]2C=C3CCC4C(CC[C@]5(C)[C@@H](c6ccc(=O)oc6)CC[C@]45O)[C@@]3(C)CC2)[C@@H](N2C(=O)c3ccccc3C2=O)C(C)[C@@H]1C. The molecule has 278 valence electrons. The minimum atomic E-state index is -0.912. The fourth-order valence-corrected chi connectivity index (χ4v) is 11.7. The molecule has 2 aliphatic heterocycles. The first kappa shape index (κ1) is 35.4. The van der Waals surface area contributed by atoms with E-state index in [0.717, 1.165) is 56.9 Å². The molecule has 52 heavy (non-hydrogen) atoms. The highest BCUT2D eigenvalue weighted by atomic mass is 16.7. The first-order valence-electron chi connectivity index (χ1n) is 19.2. The highest BCUT2D eigenvalue weighted by molar-refractivity contribution is 6.21. The van der Waals surface area contributed by atoms with Gasteiger partial charge in [-0.15, -0.1) is 0 Å². The van der Waals surface area contributed by atoms with Crippen molar-refractivity contribution in [1.82, 2.24) is 4.90 Å². The number of esters is 1. The Labute approximate surface area is 304 Å². The maximum Gasteiger partial charge on any atom is 0.335 e. The largest absolute Gasteiger partial charge is 0.463 e. The van der Waals surface area contributed by atoms with E-state index in [1.54, 1.807) is 30.5 Å². The van der Waals surface area contributed by atoms with Crippen molar-refractivity contribution in [3.63, 3.8) is 0 Å². The van der Waals surface area contributed by atoms with Crippen LogP contribution in [0.15, 0.2) is 63.5 Å². The summed E-state index contributed by atoms with van der Waals surface area (Å²) in [6, 6.07) is 9.59. The van der Waals surface area contributed by atoms with Crippen molar-refractivity contribution in [1.29, 1.82) is 0 Å². The summed E-state index contributed by atoms with van der Waals surface area (Å²) in [5, 5.41) is 12.7. The fraction of sp³-hybridized carbons (Fsp3) is 0.619. The molecule has 1 N–H and O–H groups in total. The van der Waals surface area contributed by atoms with Crippen LogP contribution in [0.1, 0.15) is 118 Å². The molecule has 1 aromatic heterocycles. The number of ether oxygens (including phenoxy) is 3. The Balaban J connectivity index is 1.05. The average Bonchev–Trinajstić information content (AvgIpc) is 3.54. The van der Waals surface area contributed by atoms with Gasteiger partial charge in [0.1, 0.15) is 6.61 Å². The summed E-state index contributed by atoms with van der Waals surface area (Å²) < 4.78 is 24.1. The van der Waals surface area contributed by atoms with E-state index in [9.17, 15) is 24.3 Å². The van der Waals surface area contributed by atoms with Crippen LogP contribution in [0.25, 0.3) is 0 Å². The van der Waals surface area contributed by atoms with Gasteiger partial charge in [0, 0.05) is 18.4 Å². The smallest absolute Gasteiger partial charge is 0.335 e. The van der Waals surface area contributed by atoms with Crippen LogP contribution in [-0.4, -0.2) is 64.5 Å². The summed E-state index contributed by atoms with van der Waals surface area (Å²) in [7, 11) is 0. The number of fused-ring (bicyclic) bond motifs is 6. The minimum absolute atomic E-state index is 0.0594. The monoisotopic (exact) mass is 713 g/mol. The van der Waals surface area contributed by atoms with Crippen LogP contribution >= 0.6 is 0 Å². The third-order valence-electron chi connectivity index (χ3n) is 14.8. The van der Waals surface area contributed by atoms with Gasteiger partial charge in [0.05, 0.1) is 41.2 Å². The van der Waals surface area contributed by atoms with Crippen molar-refractivity contribution >= 4 is 17.8 Å². The predicted octanol–water partition coefficient (Wildman–Crippen LogP) is 6.41. The summed E-state index contributed by atoms with van der Waals surface area (Å²) in [6.45, 7) is 10.1. The van der Waals surface area contributed by atoms with Gasteiger partial charge in [-0.25, -0.2) is 4.79 Å². The molecule has 6 aliphatic rings. The molecule has 10 heteroatoms. The Hall–Kier alpha value is -3.60. The molecular weight excluding hydrogens is 662 g/mol. The van der Waals surface area contributed by atoms with Crippen molar-refractivity contribution in [3.8, 4) is 0 Å². The van der Waals surface area contributed by atoms with Crippen LogP contribution in [0.2, 0.25) is 0 Å². The zero-order valence-corrected chi connectivity index (χ0v) is 30.8. The second-order valence-electron chi connectivity index (χ2n) is 17.0. The third kappa shape index (κ3) is 5.29. The molecule has 4 unspecified atom stereocenters. The number of carbonyl (C=O) groups excluding carboxylic acids is 3. The second kappa shape index (κ2) is 12.8. The van der Waals surface area contributed by atoms with Gasteiger partial charge in [-0.3, -0.25) is 19.3 Å². The molecule has 8 rings (SSSR count). The highest BCUT2D eigenvalue weighted by Gasteiger charge is 2.67. The van der Waals surface area contributed by atoms with Gasteiger partial charge in [0.2, 0.25) is 0 Å². The van der Waals surface area contributed by atoms with E-state index in [4.69, 9.17) is 18.6 Å². The van der Waals surface area contributed by atoms with Crippen molar-refractivity contribution in [2.75, 3.05) is 6.61 Å². The van der Waals surface area contributed by atoms with E-state index in [2.05, 4.69) is 19.9 Å². The van der Waals surface area contributed by atoms with E-state index in [-0.39, 0.29) is 64.7 Å². The molecule has 0 radical (unpaired) electrons.